The molecule has 0 N–H and O–H groups in total. The highest BCUT2D eigenvalue weighted by Gasteiger charge is 2.19. The van der Waals surface area contributed by atoms with E-state index in [-0.39, 0.29) is 31.1 Å². The van der Waals surface area contributed by atoms with Crippen molar-refractivity contribution in [2.24, 2.45) is 0 Å². The van der Waals surface area contributed by atoms with Crippen LogP contribution in [0.5, 0.6) is 0 Å². The molecule has 0 spiro atoms. The first-order valence-corrected chi connectivity index (χ1v) is 24.7. The van der Waals surface area contributed by atoms with Gasteiger partial charge in [0.2, 0.25) is 0 Å². The van der Waals surface area contributed by atoms with Crippen LogP contribution in [-0.4, -0.2) is 37.2 Å². The molecule has 6 nitrogen and oxygen atoms in total. The molecule has 0 aromatic carbocycles. The van der Waals surface area contributed by atoms with Crippen LogP contribution < -0.4 is 0 Å². The van der Waals surface area contributed by atoms with Crippen molar-refractivity contribution in [1.82, 2.24) is 0 Å². The number of unbranched alkanes of at least 4 members (excludes halogenated alkanes) is 16. The quantitative estimate of drug-likeness (QED) is 0.0263. The maximum Gasteiger partial charge on any atom is 0.306 e. The Morgan fingerprint density at radius 1 is 0.344 bits per heavy atom. The van der Waals surface area contributed by atoms with Gasteiger partial charge in [0, 0.05) is 19.3 Å². The third kappa shape index (κ3) is 47.2. The second-order valence-electron chi connectivity index (χ2n) is 16.0. The van der Waals surface area contributed by atoms with Crippen LogP contribution in [-0.2, 0) is 28.6 Å². The molecule has 6 heteroatoms. The fraction of sp³-hybridized carbons (Fsp3) is 0.655. The minimum absolute atomic E-state index is 0.0973. The Labute approximate surface area is 375 Å². The molecule has 1 unspecified atom stereocenters. The fourth-order valence-corrected chi connectivity index (χ4v) is 6.36. The molecule has 61 heavy (non-hydrogen) atoms. The minimum atomic E-state index is -0.800. The summed E-state index contributed by atoms with van der Waals surface area (Å²) in [5.41, 5.74) is 0. The van der Waals surface area contributed by atoms with E-state index in [4.69, 9.17) is 14.2 Å². The van der Waals surface area contributed by atoms with Gasteiger partial charge in [0.05, 0.1) is 0 Å². The van der Waals surface area contributed by atoms with Gasteiger partial charge in [-0.1, -0.05) is 195 Å². The third-order valence-electron chi connectivity index (χ3n) is 10.1. The Kier molecular flexibility index (Phi) is 46.0. The Morgan fingerprint density at radius 3 is 1.10 bits per heavy atom. The lowest BCUT2D eigenvalue weighted by atomic mass is 10.1. The fourth-order valence-electron chi connectivity index (χ4n) is 6.36. The lowest BCUT2D eigenvalue weighted by molar-refractivity contribution is -0.167. The molecule has 0 fully saturated rings. The number of allylic oxidation sites excluding steroid dienone is 16. The Morgan fingerprint density at radius 2 is 0.672 bits per heavy atom. The smallest absolute Gasteiger partial charge is 0.306 e. The summed E-state index contributed by atoms with van der Waals surface area (Å²) in [5, 5.41) is 0. The van der Waals surface area contributed by atoms with Crippen LogP contribution >= 0.6 is 0 Å². The number of esters is 3. The zero-order chi connectivity index (χ0) is 44.4. The molecule has 346 valence electrons. The topological polar surface area (TPSA) is 78.9 Å². The molecule has 1 atom stereocenters. The SMILES string of the molecule is CC/C=C\C/C=C\C/C=C\C/C=C\C/C=C\C/C=C\CCCCC(=O)OCC(COC(=O)CCCCCCCCCCC)OC(=O)CCCCCCC/C=C\C/C=C\CCC. The van der Waals surface area contributed by atoms with Gasteiger partial charge < -0.3 is 14.2 Å². The van der Waals surface area contributed by atoms with E-state index in [0.717, 1.165) is 128 Å². The van der Waals surface area contributed by atoms with Crippen LogP contribution in [0, 0.1) is 0 Å². The molecule has 0 rings (SSSR count). The minimum Gasteiger partial charge on any atom is -0.462 e. The summed E-state index contributed by atoms with van der Waals surface area (Å²) in [4.78, 5) is 37.8. The second-order valence-corrected chi connectivity index (χ2v) is 16.0. The molecule has 0 aliphatic carbocycles. The van der Waals surface area contributed by atoms with Crippen LogP contribution in [0.4, 0.5) is 0 Å². The standard InChI is InChI=1S/C55H90O6/c1-4-7-10-13-16-19-21-23-24-25-26-27-28-29-30-32-33-36-39-42-45-48-54(57)60-51-52(50-59-53(56)47-44-41-38-35-18-15-12-9-6-3)61-55(58)49-46-43-40-37-34-31-22-20-17-14-11-8-5-2/h7,10-11,14,16,19-20,22-24,26-27,29-30,33,36,52H,4-6,8-9,12-13,15,17-18,21,25,28,31-32,34-35,37-51H2,1-3H3/b10-7-,14-11-,19-16-,22-20-,24-23-,27-26-,30-29-,36-33-. The van der Waals surface area contributed by atoms with E-state index in [2.05, 4.69) is 118 Å². The third-order valence-corrected chi connectivity index (χ3v) is 10.1. The van der Waals surface area contributed by atoms with Crippen molar-refractivity contribution in [2.45, 2.75) is 219 Å². The maximum atomic E-state index is 12.7. The van der Waals surface area contributed by atoms with E-state index in [1.54, 1.807) is 0 Å². The number of ether oxygens (including phenoxy) is 3. The summed E-state index contributed by atoms with van der Waals surface area (Å²) in [6, 6.07) is 0. The van der Waals surface area contributed by atoms with Gasteiger partial charge in [-0.2, -0.15) is 0 Å². The largest absolute Gasteiger partial charge is 0.462 e. The van der Waals surface area contributed by atoms with E-state index in [0.29, 0.717) is 19.3 Å². The predicted octanol–water partition coefficient (Wildman–Crippen LogP) is 16.2. The number of carbonyl (C=O) groups is 3. The first-order chi connectivity index (χ1) is 30.0. The molecule has 0 aromatic heterocycles. The zero-order valence-corrected chi connectivity index (χ0v) is 39.4. The highest BCUT2D eigenvalue weighted by molar-refractivity contribution is 5.71. The molecule has 0 radical (unpaired) electrons. The number of hydrogen-bond acceptors (Lipinski definition) is 6. The average molecular weight is 847 g/mol. The van der Waals surface area contributed by atoms with Crippen LogP contribution in [0.25, 0.3) is 0 Å². The summed E-state index contributed by atoms with van der Waals surface area (Å²) >= 11 is 0. The van der Waals surface area contributed by atoms with Gasteiger partial charge in [-0.15, -0.1) is 0 Å². The Balaban J connectivity index is 4.43. The maximum absolute atomic E-state index is 12.7. The first-order valence-electron chi connectivity index (χ1n) is 24.7. The lowest BCUT2D eigenvalue weighted by Crippen LogP contribution is -2.30. The normalized spacial score (nSPS) is 12.9. The molecule has 0 aromatic rings. The van der Waals surface area contributed by atoms with E-state index in [9.17, 15) is 14.4 Å². The molecular weight excluding hydrogens is 757 g/mol. The molecular formula is C55H90O6. The van der Waals surface area contributed by atoms with E-state index in [1.807, 2.05) is 0 Å². The Bertz CT molecular complexity index is 1250. The van der Waals surface area contributed by atoms with Gasteiger partial charge in [-0.3, -0.25) is 14.4 Å². The molecule has 0 heterocycles. The van der Waals surface area contributed by atoms with Crippen molar-refractivity contribution < 1.29 is 28.6 Å². The summed E-state index contributed by atoms with van der Waals surface area (Å²) in [5.74, 6) is -0.966. The van der Waals surface area contributed by atoms with E-state index >= 15 is 0 Å². The monoisotopic (exact) mass is 847 g/mol. The van der Waals surface area contributed by atoms with Crippen molar-refractivity contribution in [3.63, 3.8) is 0 Å². The average Bonchev–Trinajstić information content (AvgIpc) is 3.26. The van der Waals surface area contributed by atoms with Crippen molar-refractivity contribution in [2.75, 3.05) is 13.2 Å². The van der Waals surface area contributed by atoms with Crippen LogP contribution in [0.15, 0.2) is 97.2 Å². The van der Waals surface area contributed by atoms with Crippen molar-refractivity contribution in [1.29, 1.82) is 0 Å². The number of hydrogen-bond donors (Lipinski definition) is 0. The van der Waals surface area contributed by atoms with Crippen LogP contribution in [0.3, 0.4) is 0 Å². The van der Waals surface area contributed by atoms with Crippen molar-refractivity contribution in [3.8, 4) is 0 Å². The molecule has 0 aliphatic rings. The van der Waals surface area contributed by atoms with E-state index in [1.165, 1.54) is 44.9 Å². The second kappa shape index (κ2) is 49.0. The number of rotatable bonds is 43. The highest BCUT2D eigenvalue weighted by Crippen LogP contribution is 2.13. The van der Waals surface area contributed by atoms with Crippen molar-refractivity contribution >= 4 is 17.9 Å². The van der Waals surface area contributed by atoms with Gasteiger partial charge in [0.25, 0.3) is 0 Å². The summed E-state index contributed by atoms with van der Waals surface area (Å²) in [7, 11) is 0. The molecule has 0 bridgehead atoms. The molecule has 0 saturated carbocycles. The van der Waals surface area contributed by atoms with Gasteiger partial charge in [0.1, 0.15) is 13.2 Å². The van der Waals surface area contributed by atoms with Crippen LogP contribution in [0.2, 0.25) is 0 Å². The molecule has 0 saturated heterocycles. The lowest BCUT2D eigenvalue weighted by Gasteiger charge is -2.18. The van der Waals surface area contributed by atoms with Gasteiger partial charge in [0.15, 0.2) is 6.10 Å². The summed E-state index contributed by atoms with van der Waals surface area (Å²) in [6.07, 6.45) is 63.9. The molecule has 0 amide bonds. The highest BCUT2D eigenvalue weighted by atomic mass is 16.6. The first kappa shape index (κ1) is 57.3. The van der Waals surface area contributed by atoms with Crippen LogP contribution in [0.1, 0.15) is 213 Å². The number of carbonyl (C=O) groups excluding carboxylic acids is 3. The van der Waals surface area contributed by atoms with Gasteiger partial charge in [-0.25, -0.2) is 0 Å². The molecule has 0 aliphatic heterocycles. The predicted molar refractivity (Wildman–Crippen MR) is 260 cm³/mol. The van der Waals surface area contributed by atoms with E-state index < -0.39 is 6.10 Å². The van der Waals surface area contributed by atoms with Gasteiger partial charge in [-0.05, 0) is 96.3 Å². The summed E-state index contributed by atoms with van der Waals surface area (Å²) in [6.45, 7) is 6.37. The van der Waals surface area contributed by atoms with Gasteiger partial charge >= 0.3 is 17.9 Å². The summed E-state index contributed by atoms with van der Waals surface area (Å²) < 4.78 is 16.7. The Hall–Kier alpha value is -3.67. The van der Waals surface area contributed by atoms with Crippen molar-refractivity contribution in [3.05, 3.63) is 97.2 Å². The zero-order valence-electron chi connectivity index (χ0n) is 39.4.